The maximum atomic E-state index is 12.8. The molecular weight excluding hydrogens is 341 g/mol. The Morgan fingerprint density at radius 2 is 1.58 bits per heavy atom. The Morgan fingerprint density at radius 3 is 2.15 bits per heavy atom. The largest absolute Gasteiger partial charge is 0.490 e. The highest BCUT2D eigenvalue weighted by molar-refractivity contribution is 6.22. The molecule has 2 aromatic rings. The molecule has 6 nitrogen and oxygen atoms in total. The summed E-state index contributed by atoms with van der Waals surface area (Å²) in [6.07, 6.45) is 0. The van der Waals surface area contributed by atoms with Crippen molar-refractivity contribution in [3.8, 4) is 5.75 Å². The van der Waals surface area contributed by atoms with Gasteiger partial charge in [-0.25, -0.2) is 9.18 Å². The molecule has 0 bridgehead atoms. The Morgan fingerprint density at radius 1 is 1.00 bits per heavy atom. The van der Waals surface area contributed by atoms with E-state index >= 15 is 0 Å². The van der Waals surface area contributed by atoms with Gasteiger partial charge < -0.3 is 9.47 Å². The van der Waals surface area contributed by atoms with E-state index in [0.717, 1.165) is 4.90 Å². The second-order valence-corrected chi connectivity index (χ2v) is 5.67. The van der Waals surface area contributed by atoms with Crippen molar-refractivity contribution >= 4 is 17.8 Å². The minimum absolute atomic E-state index is 0.0617. The van der Waals surface area contributed by atoms with E-state index < -0.39 is 23.8 Å². The van der Waals surface area contributed by atoms with Crippen LogP contribution in [0.2, 0.25) is 0 Å². The number of halogens is 1. The molecule has 0 aromatic heterocycles. The molecule has 0 saturated heterocycles. The first-order valence-corrected chi connectivity index (χ1v) is 8.01. The van der Waals surface area contributed by atoms with Crippen LogP contribution in [-0.2, 0) is 9.53 Å². The average molecular weight is 357 g/mol. The maximum Gasteiger partial charge on any atom is 0.329 e. The van der Waals surface area contributed by atoms with Gasteiger partial charge in [-0.15, -0.1) is 0 Å². The van der Waals surface area contributed by atoms with Crippen LogP contribution in [-0.4, -0.2) is 41.9 Å². The van der Waals surface area contributed by atoms with Crippen LogP contribution in [0, 0.1) is 5.82 Å². The van der Waals surface area contributed by atoms with Crippen molar-refractivity contribution in [2.45, 2.75) is 13.0 Å². The van der Waals surface area contributed by atoms with Crippen molar-refractivity contribution in [1.29, 1.82) is 0 Å². The van der Waals surface area contributed by atoms with Crippen LogP contribution in [0.25, 0.3) is 0 Å². The fraction of sp³-hybridized carbons (Fsp3) is 0.211. The molecule has 1 aliphatic heterocycles. The summed E-state index contributed by atoms with van der Waals surface area (Å²) in [5.41, 5.74) is 0.550. The van der Waals surface area contributed by atoms with Gasteiger partial charge in [-0.2, -0.15) is 0 Å². The van der Waals surface area contributed by atoms with E-state index in [1.54, 1.807) is 24.3 Å². The number of carbonyl (C=O) groups is 3. The summed E-state index contributed by atoms with van der Waals surface area (Å²) in [6.45, 7) is 1.43. The zero-order valence-electron chi connectivity index (χ0n) is 14.0. The van der Waals surface area contributed by atoms with Crippen LogP contribution in [0.1, 0.15) is 27.6 Å². The zero-order chi connectivity index (χ0) is 18.7. The lowest BCUT2D eigenvalue weighted by Crippen LogP contribution is -2.44. The molecule has 0 unspecified atom stereocenters. The van der Waals surface area contributed by atoms with Crippen molar-refractivity contribution in [2.24, 2.45) is 0 Å². The number of esters is 1. The van der Waals surface area contributed by atoms with Crippen molar-refractivity contribution in [2.75, 3.05) is 13.2 Å². The van der Waals surface area contributed by atoms with Gasteiger partial charge in [0.2, 0.25) is 0 Å². The SMILES string of the molecule is C[C@H](C(=O)OCCOc1ccc(F)cc1)N1C(=O)c2ccccc2C1=O. The fourth-order valence-electron chi connectivity index (χ4n) is 2.62. The standard InChI is InChI=1S/C19H16FNO5/c1-12(21-17(22)15-4-2-3-5-16(15)18(21)23)19(24)26-11-10-25-14-8-6-13(20)7-9-14/h2-9,12H,10-11H2,1H3/t12-/m1/s1. The van der Waals surface area contributed by atoms with E-state index in [2.05, 4.69) is 0 Å². The number of hydrogen-bond acceptors (Lipinski definition) is 5. The Bertz CT molecular complexity index is 814. The Kier molecular flexibility index (Phi) is 4.97. The van der Waals surface area contributed by atoms with Gasteiger partial charge in [0.15, 0.2) is 0 Å². The summed E-state index contributed by atoms with van der Waals surface area (Å²) in [4.78, 5) is 37.7. The van der Waals surface area contributed by atoms with Crippen LogP contribution in [0.15, 0.2) is 48.5 Å². The van der Waals surface area contributed by atoms with Gasteiger partial charge in [-0.1, -0.05) is 12.1 Å². The van der Waals surface area contributed by atoms with Gasteiger partial charge in [0.05, 0.1) is 11.1 Å². The second kappa shape index (κ2) is 7.35. The predicted octanol–water partition coefficient (Wildman–Crippen LogP) is 2.43. The number of benzene rings is 2. The lowest BCUT2D eigenvalue weighted by molar-refractivity contribution is -0.148. The molecule has 0 radical (unpaired) electrons. The van der Waals surface area contributed by atoms with Crippen LogP contribution in [0.4, 0.5) is 4.39 Å². The number of carbonyl (C=O) groups excluding carboxylic acids is 3. The smallest absolute Gasteiger partial charge is 0.329 e. The monoisotopic (exact) mass is 357 g/mol. The highest BCUT2D eigenvalue weighted by atomic mass is 19.1. The third-order valence-corrected chi connectivity index (χ3v) is 3.96. The summed E-state index contributed by atoms with van der Waals surface area (Å²) in [5.74, 6) is -1.67. The molecule has 0 N–H and O–H groups in total. The van der Waals surface area contributed by atoms with Gasteiger partial charge in [-0.3, -0.25) is 14.5 Å². The summed E-state index contributed by atoms with van der Waals surface area (Å²) < 4.78 is 23.2. The lowest BCUT2D eigenvalue weighted by Gasteiger charge is -2.20. The normalized spacial score (nSPS) is 14.2. The van der Waals surface area contributed by atoms with Gasteiger partial charge in [0.1, 0.15) is 30.8 Å². The topological polar surface area (TPSA) is 72.9 Å². The van der Waals surface area contributed by atoms with Crippen molar-refractivity contribution < 1.29 is 28.2 Å². The second-order valence-electron chi connectivity index (χ2n) is 5.67. The molecule has 0 aliphatic carbocycles. The molecule has 2 aromatic carbocycles. The molecule has 0 saturated carbocycles. The van der Waals surface area contributed by atoms with Gasteiger partial charge >= 0.3 is 5.97 Å². The summed E-state index contributed by atoms with van der Waals surface area (Å²) >= 11 is 0. The first-order chi connectivity index (χ1) is 12.5. The highest BCUT2D eigenvalue weighted by Crippen LogP contribution is 2.24. The maximum absolute atomic E-state index is 12.8. The lowest BCUT2D eigenvalue weighted by atomic mass is 10.1. The zero-order valence-corrected chi connectivity index (χ0v) is 14.0. The summed E-state index contributed by atoms with van der Waals surface area (Å²) in [6, 6.07) is 10.8. The highest BCUT2D eigenvalue weighted by Gasteiger charge is 2.41. The number of ether oxygens (including phenoxy) is 2. The number of nitrogens with zero attached hydrogens (tertiary/aromatic N) is 1. The van der Waals surface area contributed by atoms with E-state index in [0.29, 0.717) is 5.75 Å². The molecule has 2 amide bonds. The Labute approximate surface area is 149 Å². The molecular formula is C19H16FNO5. The minimum atomic E-state index is -1.05. The predicted molar refractivity (Wildman–Crippen MR) is 89.3 cm³/mol. The van der Waals surface area contributed by atoms with Gasteiger partial charge in [0.25, 0.3) is 11.8 Å². The van der Waals surface area contributed by atoms with Crippen LogP contribution in [0.3, 0.4) is 0 Å². The molecule has 1 atom stereocenters. The molecule has 1 heterocycles. The van der Waals surface area contributed by atoms with E-state index in [1.165, 1.54) is 31.2 Å². The van der Waals surface area contributed by atoms with Crippen molar-refractivity contribution in [3.63, 3.8) is 0 Å². The van der Waals surface area contributed by atoms with E-state index in [4.69, 9.17) is 9.47 Å². The van der Waals surface area contributed by atoms with Gasteiger partial charge in [-0.05, 0) is 43.3 Å². The molecule has 134 valence electrons. The Hall–Kier alpha value is -3.22. The first kappa shape index (κ1) is 17.6. The molecule has 3 rings (SSSR count). The summed E-state index contributed by atoms with van der Waals surface area (Å²) in [7, 11) is 0. The average Bonchev–Trinajstić information content (AvgIpc) is 2.90. The first-order valence-electron chi connectivity index (χ1n) is 8.01. The van der Waals surface area contributed by atoms with Crippen molar-refractivity contribution in [3.05, 3.63) is 65.5 Å². The fourth-order valence-corrected chi connectivity index (χ4v) is 2.62. The molecule has 7 heteroatoms. The molecule has 26 heavy (non-hydrogen) atoms. The number of rotatable bonds is 6. The van der Waals surface area contributed by atoms with Crippen LogP contribution in [0.5, 0.6) is 5.75 Å². The third kappa shape index (κ3) is 3.42. The number of imide groups is 1. The molecule has 1 aliphatic rings. The number of fused-ring (bicyclic) bond motifs is 1. The van der Waals surface area contributed by atoms with Crippen molar-refractivity contribution in [1.82, 2.24) is 4.90 Å². The van der Waals surface area contributed by atoms with Gasteiger partial charge in [0, 0.05) is 0 Å². The van der Waals surface area contributed by atoms with Crippen LogP contribution < -0.4 is 4.74 Å². The van der Waals surface area contributed by atoms with E-state index in [-0.39, 0.29) is 30.2 Å². The Balaban J connectivity index is 1.53. The quantitative estimate of drug-likeness (QED) is 0.451. The minimum Gasteiger partial charge on any atom is -0.490 e. The van der Waals surface area contributed by atoms with Crippen LogP contribution >= 0.6 is 0 Å². The molecule has 0 fully saturated rings. The molecule has 0 spiro atoms. The summed E-state index contributed by atoms with van der Waals surface area (Å²) in [5, 5.41) is 0. The van der Waals surface area contributed by atoms with E-state index in [9.17, 15) is 18.8 Å². The van der Waals surface area contributed by atoms with E-state index in [1.807, 2.05) is 0 Å². The third-order valence-electron chi connectivity index (χ3n) is 3.96. The number of hydrogen-bond donors (Lipinski definition) is 0. The number of amides is 2.